The average molecular weight is 349 g/mol. The van der Waals surface area contributed by atoms with Gasteiger partial charge in [0.2, 0.25) is 0 Å². The third kappa shape index (κ3) is 3.00. The molecule has 1 unspecified atom stereocenters. The number of nitrogens with zero attached hydrogens (tertiary/aromatic N) is 2. The summed E-state index contributed by atoms with van der Waals surface area (Å²) >= 11 is 2.99. The highest BCUT2D eigenvalue weighted by atomic mass is 32.1. The number of thiophene rings is 1. The molecule has 0 saturated carbocycles. The maximum atomic E-state index is 12.5. The summed E-state index contributed by atoms with van der Waals surface area (Å²) in [5, 5.41) is 4.92. The molecule has 1 N–H and O–H groups in total. The molecule has 3 aliphatic heterocycles. The van der Waals surface area contributed by atoms with Crippen LogP contribution in [0.2, 0.25) is 0 Å². The molecule has 2 aromatic rings. The SMILES string of the molecule is COc1cnc(-c2ccc(C(=O)NC3CN4CCC3CC4)s2)s1. The van der Waals surface area contributed by atoms with Crippen molar-refractivity contribution in [3.05, 3.63) is 23.2 Å². The second-order valence-corrected chi connectivity index (χ2v) is 8.15. The summed E-state index contributed by atoms with van der Waals surface area (Å²) in [7, 11) is 1.64. The molecular weight excluding hydrogens is 330 g/mol. The van der Waals surface area contributed by atoms with Crippen LogP contribution in [0.25, 0.3) is 9.88 Å². The van der Waals surface area contributed by atoms with E-state index < -0.39 is 0 Å². The Labute approximate surface area is 143 Å². The molecule has 5 nitrogen and oxygen atoms in total. The molecule has 5 heterocycles. The topological polar surface area (TPSA) is 54.5 Å². The Kier molecular flexibility index (Phi) is 4.09. The third-order valence-corrected chi connectivity index (χ3v) is 6.91. The molecule has 1 atom stereocenters. The normalized spacial score (nSPS) is 26.2. The molecule has 0 radical (unpaired) electrons. The van der Waals surface area contributed by atoms with Gasteiger partial charge in [-0.25, -0.2) is 4.98 Å². The lowest BCUT2D eigenvalue weighted by Crippen LogP contribution is -2.57. The molecule has 3 aliphatic rings. The van der Waals surface area contributed by atoms with Gasteiger partial charge in [0, 0.05) is 12.6 Å². The molecule has 7 heteroatoms. The van der Waals surface area contributed by atoms with Crippen molar-refractivity contribution in [1.82, 2.24) is 15.2 Å². The summed E-state index contributed by atoms with van der Waals surface area (Å²) in [6.45, 7) is 3.37. The van der Waals surface area contributed by atoms with Crippen LogP contribution in [0.3, 0.4) is 0 Å². The molecule has 122 valence electrons. The molecule has 3 saturated heterocycles. The Morgan fingerprint density at radius 1 is 1.35 bits per heavy atom. The summed E-state index contributed by atoms with van der Waals surface area (Å²) in [5.74, 6) is 0.690. The predicted octanol–water partition coefficient (Wildman–Crippen LogP) is 2.70. The summed E-state index contributed by atoms with van der Waals surface area (Å²) in [6, 6.07) is 4.16. The monoisotopic (exact) mass is 349 g/mol. The number of fused-ring (bicyclic) bond motifs is 3. The number of piperidine rings is 3. The number of carbonyl (C=O) groups is 1. The van der Waals surface area contributed by atoms with Crippen LogP contribution in [0.5, 0.6) is 5.06 Å². The first kappa shape index (κ1) is 15.1. The first-order valence-corrected chi connectivity index (χ1v) is 9.49. The Bertz CT molecular complexity index is 704. The number of hydrogen-bond acceptors (Lipinski definition) is 6. The van der Waals surface area contributed by atoms with Crippen molar-refractivity contribution in [3.8, 4) is 14.9 Å². The lowest BCUT2D eigenvalue weighted by molar-refractivity contribution is 0.0622. The van der Waals surface area contributed by atoms with Gasteiger partial charge in [-0.1, -0.05) is 11.3 Å². The predicted molar refractivity (Wildman–Crippen MR) is 92.4 cm³/mol. The van der Waals surface area contributed by atoms with Crippen LogP contribution < -0.4 is 10.1 Å². The van der Waals surface area contributed by atoms with Gasteiger partial charge in [-0.05, 0) is 44.0 Å². The van der Waals surface area contributed by atoms with Crippen LogP contribution in [-0.4, -0.2) is 48.6 Å². The van der Waals surface area contributed by atoms with Crippen LogP contribution in [0.1, 0.15) is 22.5 Å². The molecular formula is C16H19N3O2S2. The van der Waals surface area contributed by atoms with E-state index >= 15 is 0 Å². The van der Waals surface area contributed by atoms with Crippen LogP contribution in [0, 0.1) is 5.92 Å². The average Bonchev–Trinajstić information content (AvgIpc) is 3.25. The van der Waals surface area contributed by atoms with Gasteiger partial charge in [-0.15, -0.1) is 11.3 Å². The fourth-order valence-corrected chi connectivity index (χ4v) is 5.11. The fraction of sp³-hybridized carbons (Fsp3) is 0.500. The largest absolute Gasteiger partial charge is 0.486 e. The zero-order valence-corrected chi connectivity index (χ0v) is 14.6. The van der Waals surface area contributed by atoms with Gasteiger partial charge >= 0.3 is 0 Å². The minimum absolute atomic E-state index is 0.0449. The van der Waals surface area contributed by atoms with Gasteiger partial charge in [-0.2, -0.15) is 0 Å². The van der Waals surface area contributed by atoms with Crippen LogP contribution >= 0.6 is 22.7 Å². The van der Waals surface area contributed by atoms with E-state index in [1.54, 1.807) is 13.3 Å². The number of ether oxygens (including phenoxy) is 1. The van der Waals surface area contributed by atoms with E-state index in [-0.39, 0.29) is 5.91 Å². The summed E-state index contributed by atoms with van der Waals surface area (Å²) < 4.78 is 5.18. The summed E-state index contributed by atoms with van der Waals surface area (Å²) in [4.78, 5) is 21.1. The van der Waals surface area contributed by atoms with E-state index in [1.165, 1.54) is 48.6 Å². The summed E-state index contributed by atoms with van der Waals surface area (Å²) in [5.41, 5.74) is 0. The highest BCUT2D eigenvalue weighted by Gasteiger charge is 2.35. The summed E-state index contributed by atoms with van der Waals surface area (Å²) in [6.07, 6.45) is 4.13. The molecule has 0 aromatic carbocycles. The van der Waals surface area contributed by atoms with Crippen molar-refractivity contribution < 1.29 is 9.53 Å². The Morgan fingerprint density at radius 3 is 2.83 bits per heavy atom. The molecule has 23 heavy (non-hydrogen) atoms. The van der Waals surface area contributed by atoms with Crippen molar-refractivity contribution in [1.29, 1.82) is 0 Å². The second-order valence-electron chi connectivity index (χ2n) is 6.07. The van der Waals surface area contributed by atoms with Crippen molar-refractivity contribution in [2.24, 2.45) is 5.92 Å². The quantitative estimate of drug-likeness (QED) is 0.922. The maximum Gasteiger partial charge on any atom is 0.261 e. The molecule has 0 spiro atoms. The number of hydrogen-bond donors (Lipinski definition) is 1. The second kappa shape index (κ2) is 6.22. The Balaban J connectivity index is 1.45. The number of amides is 1. The molecule has 5 rings (SSSR count). The van der Waals surface area contributed by atoms with Crippen LogP contribution in [-0.2, 0) is 0 Å². The van der Waals surface area contributed by atoms with E-state index in [2.05, 4.69) is 15.2 Å². The van der Waals surface area contributed by atoms with Crippen molar-refractivity contribution in [3.63, 3.8) is 0 Å². The standard InChI is InChI=1S/C16H19N3O2S2/c1-21-14-8-17-16(23-14)13-3-2-12(22-13)15(20)18-11-9-19-6-4-10(11)5-7-19/h2-3,8,10-11H,4-7,9H2,1H3,(H,18,20). The molecule has 2 aromatic heterocycles. The highest BCUT2D eigenvalue weighted by molar-refractivity contribution is 7.23. The molecule has 1 amide bonds. The fourth-order valence-electron chi connectivity index (χ4n) is 3.41. The number of carbonyl (C=O) groups excluding carboxylic acids is 1. The van der Waals surface area contributed by atoms with Crippen molar-refractivity contribution in [2.45, 2.75) is 18.9 Å². The molecule has 3 fully saturated rings. The van der Waals surface area contributed by atoms with Crippen LogP contribution in [0.15, 0.2) is 18.3 Å². The minimum Gasteiger partial charge on any atom is -0.486 e. The van der Waals surface area contributed by atoms with Gasteiger partial charge < -0.3 is 15.0 Å². The van der Waals surface area contributed by atoms with Crippen molar-refractivity contribution in [2.75, 3.05) is 26.7 Å². The number of thiazole rings is 1. The maximum absolute atomic E-state index is 12.5. The Hall–Kier alpha value is -1.44. The zero-order chi connectivity index (χ0) is 15.8. The van der Waals surface area contributed by atoms with E-state index in [4.69, 9.17) is 4.74 Å². The van der Waals surface area contributed by atoms with Gasteiger partial charge in [0.05, 0.1) is 23.1 Å². The van der Waals surface area contributed by atoms with Crippen molar-refractivity contribution >= 4 is 28.6 Å². The Morgan fingerprint density at radius 2 is 2.17 bits per heavy atom. The number of rotatable bonds is 4. The van der Waals surface area contributed by atoms with E-state index in [0.717, 1.165) is 26.4 Å². The lowest BCUT2D eigenvalue weighted by atomic mass is 9.84. The van der Waals surface area contributed by atoms with E-state index in [9.17, 15) is 4.79 Å². The minimum atomic E-state index is 0.0449. The van der Waals surface area contributed by atoms with Gasteiger partial charge in [0.1, 0.15) is 5.01 Å². The van der Waals surface area contributed by atoms with Crippen LogP contribution in [0.4, 0.5) is 0 Å². The first-order valence-electron chi connectivity index (χ1n) is 7.86. The first-order chi connectivity index (χ1) is 11.2. The van der Waals surface area contributed by atoms with E-state index in [1.807, 2.05) is 12.1 Å². The molecule has 2 bridgehead atoms. The number of methoxy groups -OCH3 is 1. The van der Waals surface area contributed by atoms with Gasteiger partial charge in [0.25, 0.3) is 5.91 Å². The third-order valence-electron chi connectivity index (χ3n) is 4.70. The number of nitrogens with one attached hydrogen (secondary N) is 1. The highest BCUT2D eigenvalue weighted by Crippen LogP contribution is 2.34. The van der Waals surface area contributed by atoms with E-state index in [0.29, 0.717) is 12.0 Å². The number of aromatic nitrogens is 1. The lowest BCUT2D eigenvalue weighted by Gasteiger charge is -2.44. The van der Waals surface area contributed by atoms with Gasteiger partial charge in [-0.3, -0.25) is 4.79 Å². The smallest absolute Gasteiger partial charge is 0.261 e. The molecule has 0 aliphatic carbocycles. The zero-order valence-electron chi connectivity index (χ0n) is 12.9. The van der Waals surface area contributed by atoms with Gasteiger partial charge in [0.15, 0.2) is 5.06 Å².